The third kappa shape index (κ3) is 10.8. The van der Waals surface area contributed by atoms with Crippen LogP contribution in [0.15, 0.2) is 36.7 Å². The van der Waals surface area contributed by atoms with Gasteiger partial charge in [-0.15, -0.1) is 0 Å². The number of nitrogens with one attached hydrogen (secondary N) is 4. The lowest BCUT2D eigenvalue weighted by Gasteiger charge is -2.24. The number of aromatic nitrogens is 6. The number of fused-ring (bicyclic) bond motifs is 2. The zero-order chi connectivity index (χ0) is 34.1. The van der Waals surface area contributed by atoms with E-state index in [1.165, 1.54) is 0 Å². The molecule has 0 atom stereocenters. The van der Waals surface area contributed by atoms with Gasteiger partial charge in [-0.1, -0.05) is 0 Å². The maximum Gasteiger partial charge on any atom is 0.414 e. The Balaban J connectivity index is 0.000000186. The smallest absolute Gasteiger partial charge is 0.414 e. The first kappa shape index (κ1) is 36.5. The van der Waals surface area contributed by atoms with Gasteiger partial charge < -0.3 is 41.0 Å². The van der Waals surface area contributed by atoms with E-state index in [0.717, 1.165) is 112 Å². The lowest BCUT2D eigenvalue weighted by atomic mass is 10.1. The second-order valence-electron chi connectivity index (χ2n) is 11.2. The molecule has 2 fully saturated rings. The number of ether oxygens (including phenoxy) is 2. The molecule has 6 rings (SSSR count). The van der Waals surface area contributed by atoms with Crippen molar-refractivity contribution in [3.8, 4) is 0 Å². The van der Waals surface area contributed by atoms with E-state index < -0.39 is 11.9 Å². The fourth-order valence-electron chi connectivity index (χ4n) is 5.46. The second kappa shape index (κ2) is 19.4. The molecule has 0 aromatic carbocycles. The van der Waals surface area contributed by atoms with Crippen molar-refractivity contribution in [2.45, 2.75) is 64.7 Å². The molecule has 16 heteroatoms. The van der Waals surface area contributed by atoms with Gasteiger partial charge in [-0.3, -0.25) is 9.13 Å². The van der Waals surface area contributed by atoms with Gasteiger partial charge in [-0.25, -0.2) is 29.5 Å². The molecule has 16 nitrogen and oxygen atoms in total. The number of imidazole rings is 2. The largest absolute Gasteiger partial charge is 0.473 e. The average Bonchev–Trinajstić information content (AvgIpc) is 3.63. The first-order chi connectivity index (χ1) is 23.4. The summed E-state index contributed by atoms with van der Waals surface area (Å²) < 4.78 is 15.2. The Morgan fingerprint density at radius 3 is 1.50 bits per heavy atom. The maximum absolute atomic E-state index is 9.10. The SMILES string of the molecule is CCOCCn1c(NC2CCNCC2)nc2cccnc21.CCOCCn1c(NC2CCNCC2)nc2cccnc21.O=C(O)C(=O)O. The topological polar surface area (TPSA) is 203 Å². The standard InChI is InChI=1S/2C15H23N5O.C2H2O4/c2*1-2-21-11-10-20-14-13(4-3-7-17-14)19-15(20)18-12-5-8-16-9-6-12;3-1(4)2(5)6/h2*3-4,7,12,16H,2,5-6,8-11H2,1H3,(H,18,19);(H,3,4)(H,5,6). The lowest BCUT2D eigenvalue weighted by Crippen LogP contribution is -2.36. The molecule has 6 heterocycles. The highest BCUT2D eigenvalue weighted by atomic mass is 16.5. The number of piperidine rings is 2. The predicted octanol–water partition coefficient (Wildman–Crippen LogP) is 2.42. The summed E-state index contributed by atoms with van der Waals surface area (Å²) in [7, 11) is 0. The second-order valence-corrected chi connectivity index (χ2v) is 11.2. The molecule has 262 valence electrons. The summed E-state index contributed by atoms with van der Waals surface area (Å²) in [5.74, 6) is -1.82. The quantitative estimate of drug-likeness (QED) is 0.0949. The van der Waals surface area contributed by atoms with Gasteiger partial charge in [0.1, 0.15) is 11.0 Å². The molecule has 0 saturated carbocycles. The van der Waals surface area contributed by atoms with Crippen molar-refractivity contribution < 1.29 is 29.3 Å². The molecule has 48 heavy (non-hydrogen) atoms. The number of carbonyl (C=O) groups is 2. The number of rotatable bonds is 12. The number of carboxylic acids is 2. The number of pyridine rings is 2. The van der Waals surface area contributed by atoms with E-state index in [4.69, 9.17) is 39.2 Å². The summed E-state index contributed by atoms with van der Waals surface area (Å²) in [5, 5.41) is 28.7. The van der Waals surface area contributed by atoms with Crippen molar-refractivity contribution in [2.24, 2.45) is 0 Å². The molecule has 6 N–H and O–H groups in total. The monoisotopic (exact) mass is 668 g/mol. The first-order valence-electron chi connectivity index (χ1n) is 16.6. The minimum absolute atomic E-state index is 0.480. The summed E-state index contributed by atoms with van der Waals surface area (Å²) in [6, 6.07) is 8.83. The van der Waals surface area contributed by atoms with Gasteiger partial charge in [0.2, 0.25) is 11.9 Å². The van der Waals surface area contributed by atoms with Crippen LogP contribution in [0, 0.1) is 0 Å². The predicted molar refractivity (Wildman–Crippen MR) is 182 cm³/mol. The third-order valence-electron chi connectivity index (χ3n) is 7.86. The Bertz CT molecular complexity index is 1450. The van der Waals surface area contributed by atoms with Crippen LogP contribution >= 0.6 is 0 Å². The number of hydrogen-bond donors (Lipinski definition) is 6. The van der Waals surface area contributed by atoms with Crippen molar-refractivity contribution in [2.75, 3.05) is 63.2 Å². The first-order valence-corrected chi connectivity index (χ1v) is 16.6. The molecule has 0 unspecified atom stereocenters. The third-order valence-corrected chi connectivity index (χ3v) is 7.86. The molecule has 2 aliphatic rings. The number of nitrogens with zero attached hydrogens (tertiary/aromatic N) is 6. The van der Waals surface area contributed by atoms with Gasteiger partial charge >= 0.3 is 11.9 Å². The van der Waals surface area contributed by atoms with E-state index in [0.29, 0.717) is 25.3 Å². The average molecular weight is 669 g/mol. The van der Waals surface area contributed by atoms with Gasteiger partial charge in [0, 0.05) is 37.7 Å². The van der Waals surface area contributed by atoms with Crippen LogP contribution in [0.4, 0.5) is 11.9 Å². The van der Waals surface area contributed by atoms with Gasteiger partial charge in [-0.05, 0) is 90.0 Å². The van der Waals surface area contributed by atoms with E-state index in [2.05, 4.69) is 40.4 Å². The Labute approximate surface area is 279 Å². The highest BCUT2D eigenvalue weighted by molar-refractivity contribution is 6.27. The molecule has 4 aromatic heterocycles. The van der Waals surface area contributed by atoms with E-state index >= 15 is 0 Å². The van der Waals surface area contributed by atoms with Gasteiger partial charge in [0.25, 0.3) is 0 Å². The maximum atomic E-state index is 9.10. The Morgan fingerprint density at radius 2 is 1.15 bits per heavy atom. The summed E-state index contributed by atoms with van der Waals surface area (Å²) in [5.41, 5.74) is 3.72. The number of hydrogen-bond acceptors (Lipinski definition) is 12. The summed E-state index contributed by atoms with van der Waals surface area (Å²) >= 11 is 0. The molecule has 2 saturated heterocycles. The molecular weight excluding hydrogens is 620 g/mol. The molecular formula is C32H48N10O6. The van der Waals surface area contributed by atoms with Crippen LogP contribution in [0.1, 0.15) is 39.5 Å². The summed E-state index contributed by atoms with van der Waals surface area (Å²) in [4.78, 5) is 36.5. The normalized spacial score (nSPS) is 15.3. The fourth-order valence-corrected chi connectivity index (χ4v) is 5.46. The molecule has 0 aliphatic carbocycles. The van der Waals surface area contributed by atoms with Crippen LogP contribution in [-0.4, -0.2) is 116 Å². The van der Waals surface area contributed by atoms with Crippen LogP contribution in [0.3, 0.4) is 0 Å². The van der Waals surface area contributed by atoms with Crippen molar-refractivity contribution in [3.63, 3.8) is 0 Å². The lowest BCUT2D eigenvalue weighted by molar-refractivity contribution is -0.159. The van der Waals surface area contributed by atoms with Crippen molar-refractivity contribution in [1.82, 2.24) is 39.7 Å². The van der Waals surface area contributed by atoms with Crippen LogP contribution in [-0.2, 0) is 32.2 Å². The van der Waals surface area contributed by atoms with Crippen molar-refractivity contribution >= 4 is 46.2 Å². The van der Waals surface area contributed by atoms with Crippen LogP contribution < -0.4 is 21.3 Å². The molecule has 4 aromatic rings. The summed E-state index contributed by atoms with van der Waals surface area (Å²) in [6.45, 7) is 12.7. The molecule has 2 aliphatic heterocycles. The van der Waals surface area contributed by atoms with Gasteiger partial charge in [0.05, 0.1) is 26.3 Å². The Hall–Kier alpha value is -4.38. The van der Waals surface area contributed by atoms with Crippen molar-refractivity contribution in [3.05, 3.63) is 36.7 Å². The van der Waals surface area contributed by atoms with E-state index in [1.807, 2.05) is 50.5 Å². The molecule has 0 bridgehead atoms. The summed E-state index contributed by atoms with van der Waals surface area (Å²) in [6.07, 6.45) is 8.14. The minimum Gasteiger partial charge on any atom is -0.473 e. The van der Waals surface area contributed by atoms with Crippen molar-refractivity contribution in [1.29, 1.82) is 0 Å². The number of anilines is 2. The Morgan fingerprint density at radius 1 is 0.750 bits per heavy atom. The van der Waals surface area contributed by atoms with E-state index in [-0.39, 0.29) is 0 Å². The molecule has 0 amide bonds. The highest BCUT2D eigenvalue weighted by Gasteiger charge is 2.19. The zero-order valence-electron chi connectivity index (χ0n) is 27.7. The molecule has 0 spiro atoms. The van der Waals surface area contributed by atoms with E-state index in [1.54, 1.807) is 0 Å². The zero-order valence-corrected chi connectivity index (χ0v) is 27.7. The highest BCUT2D eigenvalue weighted by Crippen LogP contribution is 2.21. The number of carboxylic acid groups (broad SMARTS) is 2. The fraction of sp³-hybridized carbons (Fsp3) is 0.562. The van der Waals surface area contributed by atoms with Gasteiger partial charge in [-0.2, -0.15) is 0 Å². The minimum atomic E-state index is -1.82. The number of aliphatic carboxylic acids is 2. The van der Waals surface area contributed by atoms with Crippen LogP contribution in [0.25, 0.3) is 22.3 Å². The van der Waals surface area contributed by atoms with Gasteiger partial charge in [0.15, 0.2) is 11.3 Å². The van der Waals surface area contributed by atoms with Crippen LogP contribution in [0.2, 0.25) is 0 Å². The van der Waals surface area contributed by atoms with Crippen LogP contribution in [0.5, 0.6) is 0 Å². The van der Waals surface area contributed by atoms with E-state index in [9.17, 15) is 0 Å². The molecule has 0 radical (unpaired) electrons. The Kier molecular flexibility index (Phi) is 14.8.